The molecule has 0 bridgehead atoms. The van der Waals surface area contributed by atoms with Crippen LogP contribution < -0.4 is 0 Å². The van der Waals surface area contributed by atoms with Gasteiger partial charge in [-0.05, 0) is 48.9 Å². The third-order valence-corrected chi connectivity index (χ3v) is 5.17. The Balaban J connectivity index is 0.000000445. The summed E-state index contributed by atoms with van der Waals surface area (Å²) in [6, 6.07) is 16.6. The molecule has 31 heavy (non-hydrogen) atoms. The first kappa shape index (κ1) is 28.3. The van der Waals surface area contributed by atoms with Crippen molar-refractivity contribution < 1.29 is 30.0 Å². The summed E-state index contributed by atoms with van der Waals surface area (Å²) in [5.74, 6) is -1.76. The van der Waals surface area contributed by atoms with Crippen LogP contribution in [0.5, 0.6) is 0 Å². The lowest BCUT2D eigenvalue weighted by molar-refractivity contribution is -0.0650. The smallest absolute Gasteiger partial charge is 0.335 e. The first-order valence-electron chi connectivity index (χ1n) is 10.6. The third kappa shape index (κ3) is 10.8. The predicted octanol–water partition coefficient (Wildman–Crippen LogP) is 5.10. The Morgan fingerprint density at radius 3 is 1.42 bits per heavy atom. The van der Waals surface area contributed by atoms with E-state index in [1.54, 1.807) is 60.7 Å². The van der Waals surface area contributed by atoms with E-state index in [1.165, 1.54) is 0 Å². The zero-order valence-electron chi connectivity index (χ0n) is 18.9. The van der Waals surface area contributed by atoms with Crippen LogP contribution in [0, 0.1) is 5.41 Å². The Bertz CT molecular complexity index is 698. The molecule has 0 heterocycles. The molecule has 3 atom stereocenters. The van der Waals surface area contributed by atoms with Crippen molar-refractivity contribution in [2.45, 2.75) is 65.6 Å². The van der Waals surface area contributed by atoms with Crippen LogP contribution in [0.1, 0.15) is 74.1 Å². The molecule has 0 amide bonds. The fourth-order valence-electron chi connectivity index (χ4n) is 2.95. The van der Waals surface area contributed by atoms with Crippen molar-refractivity contribution in [3.8, 4) is 0 Å². The average molecular weight is 433 g/mol. The highest BCUT2D eigenvalue weighted by atomic mass is 16.4. The lowest BCUT2D eigenvalue weighted by Gasteiger charge is -2.36. The number of carbonyl (C=O) groups is 2. The van der Waals surface area contributed by atoms with Gasteiger partial charge in [-0.1, -0.05) is 70.5 Å². The van der Waals surface area contributed by atoms with Crippen molar-refractivity contribution >= 4 is 11.9 Å². The quantitative estimate of drug-likeness (QED) is 0.461. The molecule has 0 aliphatic rings. The molecule has 0 aromatic heterocycles. The van der Waals surface area contributed by atoms with E-state index in [0.29, 0.717) is 17.5 Å². The van der Waals surface area contributed by atoms with Crippen LogP contribution in [-0.4, -0.2) is 44.6 Å². The van der Waals surface area contributed by atoms with Crippen LogP contribution in [0.15, 0.2) is 60.7 Å². The average Bonchev–Trinajstić information content (AvgIpc) is 2.80. The van der Waals surface area contributed by atoms with E-state index in [0.717, 1.165) is 19.3 Å². The normalized spacial score (nSPS) is 13.9. The van der Waals surface area contributed by atoms with Gasteiger partial charge >= 0.3 is 11.9 Å². The first-order chi connectivity index (χ1) is 14.6. The van der Waals surface area contributed by atoms with Gasteiger partial charge in [0.2, 0.25) is 0 Å². The molecule has 0 spiro atoms. The summed E-state index contributed by atoms with van der Waals surface area (Å²) in [6.45, 7) is 8.14. The summed E-state index contributed by atoms with van der Waals surface area (Å²) in [4.78, 5) is 20.4. The number of hydrogen-bond donors (Lipinski definition) is 4. The van der Waals surface area contributed by atoms with Crippen LogP contribution in [0.2, 0.25) is 0 Å². The van der Waals surface area contributed by atoms with Crippen LogP contribution in [0.4, 0.5) is 0 Å². The van der Waals surface area contributed by atoms with Crippen molar-refractivity contribution in [2.24, 2.45) is 5.41 Å². The molecule has 2 rings (SSSR count). The van der Waals surface area contributed by atoms with Gasteiger partial charge in [0.05, 0.1) is 23.3 Å². The van der Waals surface area contributed by atoms with E-state index in [9.17, 15) is 19.8 Å². The summed E-state index contributed by atoms with van der Waals surface area (Å²) in [5.41, 5.74) is 0.541. The Hall–Kier alpha value is -2.70. The second-order valence-electron chi connectivity index (χ2n) is 7.52. The van der Waals surface area contributed by atoms with Gasteiger partial charge in [0.25, 0.3) is 0 Å². The predicted molar refractivity (Wildman–Crippen MR) is 122 cm³/mol. The molecule has 2 aromatic carbocycles. The highest BCUT2D eigenvalue weighted by molar-refractivity contribution is 5.87. The maximum absolute atomic E-state index is 10.2. The minimum absolute atomic E-state index is 0.121. The van der Waals surface area contributed by atoms with E-state index < -0.39 is 24.1 Å². The molecule has 3 unspecified atom stereocenters. The van der Waals surface area contributed by atoms with Crippen LogP contribution in [0.3, 0.4) is 0 Å². The van der Waals surface area contributed by atoms with Gasteiger partial charge in [-0.2, -0.15) is 0 Å². The number of carboxylic acid groups (broad SMARTS) is 2. The number of benzene rings is 2. The van der Waals surface area contributed by atoms with Crippen molar-refractivity contribution in [2.75, 3.05) is 0 Å². The number of aromatic carboxylic acids is 2. The van der Waals surface area contributed by atoms with Gasteiger partial charge in [-0.3, -0.25) is 0 Å². The lowest BCUT2D eigenvalue weighted by Crippen LogP contribution is -2.40. The molecule has 0 fully saturated rings. The summed E-state index contributed by atoms with van der Waals surface area (Å²) < 4.78 is 0. The molecular weight excluding hydrogens is 396 g/mol. The van der Waals surface area contributed by atoms with Crippen LogP contribution >= 0.6 is 0 Å². The Labute approximate surface area is 185 Å². The molecule has 6 heteroatoms. The topological polar surface area (TPSA) is 115 Å². The minimum Gasteiger partial charge on any atom is -0.478 e. The summed E-state index contributed by atoms with van der Waals surface area (Å²) in [5, 5.41) is 36.3. The Morgan fingerprint density at radius 1 is 0.806 bits per heavy atom. The molecule has 0 aliphatic carbocycles. The fraction of sp³-hybridized carbons (Fsp3) is 0.440. The van der Waals surface area contributed by atoms with Crippen molar-refractivity contribution in [1.82, 2.24) is 0 Å². The van der Waals surface area contributed by atoms with Gasteiger partial charge in [0.1, 0.15) is 0 Å². The minimum atomic E-state index is -0.879. The molecular formula is C25H36O6. The third-order valence-electron chi connectivity index (χ3n) is 5.17. The maximum atomic E-state index is 10.2. The van der Waals surface area contributed by atoms with Crippen LogP contribution in [0.25, 0.3) is 0 Å². The van der Waals surface area contributed by atoms with Crippen LogP contribution in [-0.2, 0) is 0 Å². The first-order valence-corrected chi connectivity index (χ1v) is 10.6. The van der Waals surface area contributed by atoms with E-state index in [2.05, 4.69) is 20.8 Å². The number of aliphatic hydroxyl groups excluding tert-OH is 2. The van der Waals surface area contributed by atoms with Crippen molar-refractivity contribution in [3.63, 3.8) is 0 Å². The SMILES string of the molecule is CCCC(C)(CC)C(O)C(O)CC.O=C(O)c1ccccc1.O=C(O)c1ccccc1. The zero-order valence-corrected chi connectivity index (χ0v) is 18.9. The molecule has 0 saturated carbocycles. The second kappa shape index (κ2) is 15.2. The molecule has 6 nitrogen and oxygen atoms in total. The largest absolute Gasteiger partial charge is 0.478 e. The van der Waals surface area contributed by atoms with Crippen molar-refractivity contribution in [1.29, 1.82) is 0 Å². The van der Waals surface area contributed by atoms with Gasteiger partial charge < -0.3 is 20.4 Å². The van der Waals surface area contributed by atoms with E-state index >= 15 is 0 Å². The highest BCUT2D eigenvalue weighted by Gasteiger charge is 2.34. The lowest BCUT2D eigenvalue weighted by atomic mass is 9.75. The molecule has 2 aromatic rings. The summed E-state index contributed by atoms with van der Waals surface area (Å²) in [6.07, 6.45) is 2.41. The molecule has 172 valence electrons. The molecule has 4 N–H and O–H groups in total. The summed E-state index contributed by atoms with van der Waals surface area (Å²) >= 11 is 0. The van der Waals surface area contributed by atoms with Gasteiger partial charge in [-0.15, -0.1) is 0 Å². The van der Waals surface area contributed by atoms with E-state index in [4.69, 9.17) is 10.2 Å². The number of carboxylic acids is 2. The van der Waals surface area contributed by atoms with E-state index in [-0.39, 0.29) is 5.41 Å². The molecule has 0 aliphatic heterocycles. The van der Waals surface area contributed by atoms with Gasteiger partial charge in [0.15, 0.2) is 0 Å². The molecule has 0 radical (unpaired) electrons. The standard InChI is InChI=1S/C11H24O2.2C7H6O2/c1-5-8-11(4,7-3)10(13)9(12)6-2;2*8-7(9)6-4-2-1-3-5-6/h9-10,12-13H,5-8H2,1-4H3;2*1-5H,(H,8,9). The van der Waals surface area contributed by atoms with E-state index in [1.807, 2.05) is 6.92 Å². The number of hydrogen-bond acceptors (Lipinski definition) is 4. The monoisotopic (exact) mass is 432 g/mol. The highest BCUT2D eigenvalue weighted by Crippen LogP contribution is 2.33. The molecule has 0 saturated heterocycles. The van der Waals surface area contributed by atoms with Gasteiger partial charge in [0, 0.05) is 0 Å². The van der Waals surface area contributed by atoms with Crippen molar-refractivity contribution in [3.05, 3.63) is 71.8 Å². The fourth-order valence-corrected chi connectivity index (χ4v) is 2.95. The maximum Gasteiger partial charge on any atom is 0.335 e. The number of aliphatic hydroxyl groups is 2. The Kier molecular flexibility index (Phi) is 13.8. The summed E-state index contributed by atoms with van der Waals surface area (Å²) in [7, 11) is 0. The van der Waals surface area contributed by atoms with Gasteiger partial charge in [-0.25, -0.2) is 9.59 Å². The Morgan fingerprint density at radius 2 is 1.19 bits per heavy atom. The second-order valence-corrected chi connectivity index (χ2v) is 7.52. The number of rotatable bonds is 8. The zero-order chi connectivity index (χ0) is 23.9.